The number of rotatable bonds is 6. The summed E-state index contributed by atoms with van der Waals surface area (Å²) in [5.74, 6) is -1.73. The Kier molecular flexibility index (Phi) is 7.73. The Balaban J connectivity index is 1.36. The molecule has 2 saturated heterocycles. The maximum absolute atomic E-state index is 14.0. The van der Waals surface area contributed by atoms with Crippen LogP contribution in [0.1, 0.15) is 36.1 Å². The number of hydrogen-bond donors (Lipinski definition) is 1. The number of likely N-dealkylation sites (tertiary alicyclic amines) is 1. The van der Waals surface area contributed by atoms with Gasteiger partial charge in [-0.15, -0.1) is 0 Å². The van der Waals surface area contributed by atoms with E-state index in [0.717, 1.165) is 11.1 Å². The fraction of sp³-hybridized carbons (Fsp3) is 0.500. The van der Waals surface area contributed by atoms with Crippen LogP contribution in [0.25, 0.3) is 0 Å². The van der Waals surface area contributed by atoms with E-state index in [1.54, 1.807) is 0 Å². The summed E-state index contributed by atoms with van der Waals surface area (Å²) in [5, 5.41) is 13.1. The van der Waals surface area contributed by atoms with Crippen molar-refractivity contribution in [3.05, 3.63) is 52.4 Å². The van der Waals surface area contributed by atoms with E-state index < -0.39 is 29.4 Å². The average molecular weight is 612 g/mol. The van der Waals surface area contributed by atoms with Gasteiger partial charge < -0.3 is 19.9 Å². The summed E-state index contributed by atoms with van der Waals surface area (Å²) < 4.78 is 33.9. The molecule has 2 fully saturated rings. The zero-order chi connectivity index (χ0) is 30.5. The Morgan fingerprint density at radius 1 is 1.30 bits per heavy atom. The highest BCUT2D eigenvalue weighted by atomic mass is 35.5. The number of carbonyl (C=O) groups excluding carboxylic acids is 2. The predicted molar refractivity (Wildman–Crippen MR) is 155 cm³/mol. The van der Waals surface area contributed by atoms with Gasteiger partial charge in [0.05, 0.1) is 29.6 Å². The van der Waals surface area contributed by atoms with Crippen LogP contribution < -0.4 is 15.0 Å². The van der Waals surface area contributed by atoms with E-state index in [0.29, 0.717) is 54.4 Å². The lowest BCUT2D eigenvalue weighted by atomic mass is 9.74. The molecule has 1 aliphatic carbocycles. The number of piperazine rings is 1. The van der Waals surface area contributed by atoms with E-state index in [1.165, 1.54) is 4.90 Å². The number of benzene rings is 1. The van der Waals surface area contributed by atoms with E-state index in [2.05, 4.69) is 22.9 Å². The molecule has 1 aromatic heterocycles. The van der Waals surface area contributed by atoms with Crippen molar-refractivity contribution in [2.24, 2.45) is 0 Å². The zero-order valence-electron chi connectivity index (χ0n) is 23.8. The molecule has 10 nitrogen and oxygen atoms in total. The molecule has 0 saturated carbocycles. The van der Waals surface area contributed by atoms with Gasteiger partial charge in [0.1, 0.15) is 18.5 Å². The number of nitrogens with zero attached hydrogens (tertiary/aromatic N) is 6. The third kappa shape index (κ3) is 5.18. The van der Waals surface area contributed by atoms with Crippen LogP contribution in [-0.4, -0.2) is 89.7 Å². The minimum atomic E-state index is -1.09. The molecule has 43 heavy (non-hydrogen) atoms. The largest absolute Gasteiger partial charge is 0.462 e. The highest BCUT2D eigenvalue weighted by Gasteiger charge is 2.50. The molecule has 3 aliphatic heterocycles. The van der Waals surface area contributed by atoms with Crippen LogP contribution in [0.4, 0.5) is 20.3 Å². The lowest BCUT2D eigenvalue weighted by Gasteiger charge is -2.42. The Hall–Kier alpha value is -3.82. The quantitative estimate of drug-likeness (QED) is 0.495. The second kappa shape index (κ2) is 11.4. The fourth-order valence-electron chi connectivity index (χ4n) is 6.90. The lowest BCUT2D eigenvalue weighted by molar-refractivity contribution is -0.131. The molecule has 0 unspecified atom stereocenters. The number of alkyl halides is 1. The van der Waals surface area contributed by atoms with E-state index in [1.807, 2.05) is 35.0 Å². The number of ether oxygens (including phenoxy) is 1. The first kappa shape index (κ1) is 29.3. The van der Waals surface area contributed by atoms with Crippen LogP contribution >= 0.6 is 11.6 Å². The monoisotopic (exact) mass is 611 g/mol. The van der Waals surface area contributed by atoms with Crippen LogP contribution in [0.2, 0.25) is 5.02 Å². The van der Waals surface area contributed by atoms with Gasteiger partial charge in [-0.05, 0) is 43.5 Å². The summed E-state index contributed by atoms with van der Waals surface area (Å²) >= 11 is 6.50. The fourth-order valence-corrected chi connectivity index (χ4v) is 7.17. The SMILES string of the molecule is C=C(F)C(=O)N1CCN(c2nc(OC[C@@H]3C[C@@H](F)CN3C)nc3c2NC(=O)[C@@]2(CCc4c(Cl)cccc42)C3)C[C@@H]1CC#N. The first-order valence-electron chi connectivity index (χ1n) is 14.4. The topological polar surface area (TPSA) is 115 Å². The number of carbonyl (C=O) groups is 2. The molecular formula is C30H32ClF2N7O3. The molecule has 2 amide bonds. The van der Waals surface area contributed by atoms with Gasteiger partial charge in [0.2, 0.25) is 5.91 Å². The number of nitrogens with one attached hydrogen (secondary N) is 1. The smallest absolute Gasteiger partial charge is 0.318 e. The van der Waals surface area contributed by atoms with E-state index in [9.17, 15) is 23.6 Å². The van der Waals surface area contributed by atoms with Gasteiger partial charge in [0.25, 0.3) is 5.91 Å². The van der Waals surface area contributed by atoms with Gasteiger partial charge >= 0.3 is 6.01 Å². The van der Waals surface area contributed by atoms with Gasteiger partial charge in [-0.3, -0.25) is 14.5 Å². The normalized spacial score (nSPS) is 26.6. The number of amides is 2. The lowest BCUT2D eigenvalue weighted by Crippen LogP contribution is -2.56. The molecule has 4 atom stereocenters. The summed E-state index contributed by atoms with van der Waals surface area (Å²) in [6.45, 7) is 4.19. The highest BCUT2D eigenvalue weighted by Crippen LogP contribution is 2.49. The first-order valence-corrected chi connectivity index (χ1v) is 14.7. The third-order valence-corrected chi connectivity index (χ3v) is 9.52. The molecular weight excluding hydrogens is 580 g/mol. The van der Waals surface area contributed by atoms with Crippen molar-refractivity contribution in [1.82, 2.24) is 19.8 Å². The molecule has 2 aromatic rings. The molecule has 6 rings (SSSR count). The summed E-state index contributed by atoms with van der Waals surface area (Å²) in [7, 11) is 1.84. The van der Waals surface area contributed by atoms with Crippen LogP contribution in [0, 0.1) is 11.3 Å². The minimum absolute atomic E-state index is 0.0302. The highest BCUT2D eigenvalue weighted by molar-refractivity contribution is 6.31. The molecule has 1 N–H and O–H groups in total. The van der Waals surface area contributed by atoms with Crippen LogP contribution in [0.15, 0.2) is 30.6 Å². The second-order valence-electron chi connectivity index (χ2n) is 11.7. The molecule has 13 heteroatoms. The number of halogens is 3. The predicted octanol–water partition coefficient (Wildman–Crippen LogP) is 3.34. The van der Waals surface area contributed by atoms with E-state index in [-0.39, 0.29) is 50.6 Å². The van der Waals surface area contributed by atoms with E-state index in [4.69, 9.17) is 21.3 Å². The van der Waals surface area contributed by atoms with Crippen molar-refractivity contribution in [1.29, 1.82) is 5.26 Å². The zero-order valence-corrected chi connectivity index (χ0v) is 24.5. The number of aromatic nitrogens is 2. The van der Waals surface area contributed by atoms with Gasteiger partial charge in [0, 0.05) is 43.7 Å². The molecule has 1 aromatic carbocycles. The standard InChI is InChI=1S/C30H32ClF2N7O3/c1-17(32)27(41)40-11-10-39(15-19(40)7-9-34)26-25-24(35-29(37-26)43-16-20-12-18(33)14-38(20)2)13-30(28(42)36-25)8-6-21-22(30)4-3-5-23(21)31/h3-5,18-20H,1,6-8,10-16H2,2H3,(H,36,42)/t18-,19+,20+,30+/m1/s1. The number of nitriles is 1. The molecule has 0 radical (unpaired) electrons. The maximum Gasteiger partial charge on any atom is 0.318 e. The number of likely N-dealkylation sites (N-methyl/N-ethyl adjacent to an activating group) is 1. The average Bonchev–Trinajstić information content (AvgIpc) is 3.51. The van der Waals surface area contributed by atoms with Gasteiger partial charge in [0.15, 0.2) is 11.6 Å². The van der Waals surface area contributed by atoms with Crippen molar-refractivity contribution in [3.8, 4) is 12.1 Å². The Labute approximate surface area is 253 Å². The van der Waals surface area contributed by atoms with Crippen molar-refractivity contribution < 1.29 is 23.1 Å². The van der Waals surface area contributed by atoms with Crippen molar-refractivity contribution in [3.63, 3.8) is 0 Å². The van der Waals surface area contributed by atoms with Crippen molar-refractivity contribution in [2.75, 3.05) is 50.1 Å². The Bertz CT molecular complexity index is 1530. The molecule has 1 spiro atoms. The molecule has 4 heterocycles. The Morgan fingerprint density at radius 3 is 2.84 bits per heavy atom. The van der Waals surface area contributed by atoms with Crippen molar-refractivity contribution in [2.45, 2.75) is 55.8 Å². The molecule has 0 bridgehead atoms. The Morgan fingerprint density at radius 2 is 2.12 bits per heavy atom. The minimum Gasteiger partial charge on any atom is -0.462 e. The second-order valence-corrected chi connectivity index (χ2v) is 12.1. The number of hydrogen-bond acceptors (Lipinski definition) is 8. The summed E-state index contributed by atoms with van der Waals surface area (Å²) in [6, 6.07) is 6.99. The summed E-state index contributed by atoms with van der Waals surface area (Å²) in [5.41, 5.74) is 1.99. The van der Waals surface area contributed by atoms with Crippen LogP contribution in [0.3, 0.4) is 0 Å². The maximum atomic E-state index is 14.0. The van der Waals surface area contributed by atoms with Gasteiger partial charge in [-0.2, -0.15) is 15.2 Å². The van der Waals surface area contributed by atoms with Crippen molar-refractivity contribution >= 4 is 34.9 Å². The number of fused-ring (bicyclic) bond motifs is 3. The molecule has 226 valence electrons. The molecule has 4 aliphatic rings. The number of anilines is 2. The first-order chi connectivity index (χ1) is 20.6. The van der Waals surface area contributed by atoms with Crippen LogP contribution in [0.5, 0.6) is 6.01 Å². The van der Waals surface area contributed by atoms with E-state index >= 15 is 0 Å². The van der Waals surface area contributed by atoms with Gasteiger partial charge in [-0.1, -0.05) is 30.3 Å². The summed E-state index contributed by atoms with van der Waals surface area (Å²) in [4.78, 5) is 40.8. The van der Waals surface area contributed by atoms with Gasteiger partial charge in [-0.25, -0.2) is 8.78 Å². The summed E-state index contributed by atoms with van der Waals surface area (Å²) in [6.07, 6.45) is 0.900. The third-order valence-electron chi connectivity index (χ3n) is 9.17. The van der Waals surface area contributed by atoms with Crippen LogP contribution in [-0.2, 0) is 27.8 Å².